The smallest absolute Gasteiger partial charge is 0.0934 e. The summed E-state index contributed by atoms with van der Waals surface area (Å²) in [5.74, 6) is 0. The molecular formula is C46H69N2+. The van der Waals surface area contributed by atoms with Crippen LogP contribution in [0.4, 0.5) is 5.69 Å². The van der Waals surface area contributed by atoms with Gasteiger partial charge < -0.3 is 0 Å². The average Bonchev–Trinajstić information content (AvgIpc) is 3.10. The summed E-state index contributed by atoms with van der Waals surface area (Å²) in [4.78, 5) is 0. The molecule has 3 aromatic carbocycles. The normalized spacial score (nSPS) is 12.0. The molecule has 0 fully saturated rings. The largest absolute Gasteiger partial charge is 0.196 e. The molecule has 0 saturated carbocycles. The molecule has 2 nitrogen and oxygen atoms in total. The fourth-order valence-corrected chi connectivity index (χ4v) is 7.16. The van der Waals surface area contributed by atoms with Crippen LogP contribution in [-0.4, -0.2) is 11.7 Å². The van der Waals surface area contributed by atoms with Gasteiger partial charge in [0.25, 0.3) is 0 Å². The van der Waals surface area contributed by atoms with Crippen molar-refractivity contribution in [2.45, 2.75) is 163 Å². The Morgan fingerprint density at radius 1 is 0.583 bits per heavy atom. The first kappa shape index (κ1) is 39.4. The highest BCUT2D eigenvalue weighted by Crippen LogP contribution is 2.33. The van der Waals surface area contributed by atoms with E-state index in [0.29, 0.717) is 0 Å². The van der Waals surface area contributed by atoms with Crippen LogP contribution < -0.4 is 0 Å². The zero-order chi connectivity index (χ0) is 34.4. The van der Waals surface area contributed by atoms with Crippen LogP contribution in [0.1, 0.15) is 164 Å². The second-order valence-electron chi connectivity index (χ2n) is 14.2. The summed E-state index contributed by atoms with van der Waals surface area (Å²) in [6.07, 6.45) is 30.4. The quantitative estimate of drug-likeness (QED) is 0.0521. The van der Waals surface area contributed by atoms with Gasteiger partial charge in [-0.25, -0.2) is 0 Å². The van der Waals surface area contributed by atoms with E-state index in [4.69, 9.17) is 5.11 Å². The van der Waals surface area contributed by atoms with Crippen molar-refractivity contribution >= 4 is 11.8 Å². The van der Waals surface area contributed by atoms with Crippen LogP contribution in [0.2, 0.25) is 0 Å². The topological polar surface area (TPSA) is 15.4 Å². The Kier molecular flexibility index (Phi) is 19.2. The highest BCUT2D eigenvalue weighted by atomic mass is 15.2. The van der Waals surface area contributed by atoms with E-state index in [-0.39, 0.29) is 0 Å². The molecule has 0 unspecified atom stereocenters. The van der Waals surface area contributed by atoms with Gasteiger partial charge in [0.1, 0.15) is 5.69 Å². The Morgan fingerprint density at radius 2 is 1.12 bits per heavy atom. The Hall–Kier alpha value is -3.00. The predicted molar refractivity (Wildman–Crippen MR) is 212 cm³/mol. The predicted octanol–water partition coefficient (Wildman–Crippen LogP) is 14.6. The van der Waals surface area contributed by atoms with Crippen molar-refractivity contribution in [3.05, 3.63) is 94.2 Å². The molecule has 0 spiro atoms. The lowest BCUT2D eigenvalue weighted by atomic mass is 9.89. The number of hydrogen-bond acceptors (Lipinski definition) is 1. The van der Waals surface area contributed by atoms with Gasteiger partial charge in [0.15, 0.2) is 13.2 Å². The molecule has 3 rings (SSSR count). The first-order valence-corrected chi connectivity index (χ1v) is 20.0. The van der Waals surface area contributed by atoms with Gasteiger partial charge in [0, 0.05) is 6.08 Å². The summed E-state index contributed by atoms with van der Waals surface area (Å²) in [7, 11) is 2.07. The maximum Gasteiger partial charge on any atom is 0.196 e. The fraction of sp³-hybridized carbons (Fsp3) is 0.565. The van der Waals surface area contributed by atoms with Gasteiger partial charge in [-0.15, -0.1) is 0 Å². The number of unbranched alkanes of at least 4 members (excludes halogenated alkanes) is 13. The monoisotopic (exact) mass is 650 g/mol. The van der Waals surface area contributed by atoms with Crippen LogP contribution in [0.3, 0.4) is 0 Å². The van der Waals surface area contributed by atoms with Crippen molar-refractivity contribution in [3.63, 3.8) is 0 Å². The second-order valence-corrected chi connectivity index (χ2v) is 14.2. The molecular weight excluding hydrogens is 581 g/mol. The van der Waals surface area contributed by atoms with Crippen molar-refractivity contribution in [3.8, 4) is 11.1 Å². The number of aryl methyl sites for hydroxylation is 3. The third-order valence-corrected chi connectivity index (χ3v) is 10.00. The van der Waals surface area contributed by atoms with Crippen LogP contribution in [-0.2, 0) is 25.7 Å². The van der Waals surface area contributed by atoms with E-state index >= 15 is 0 Å². The van der Waals surface area contributed by atoms with Crippen molar-refractivity contribution in [2.24, 2.45) is 5.11 Å². The van der Waals surface area contributed by atoms with Gasteiger partial charge in [0.2, 0.25) is 0 Å². The van der Waals surface area contributed by atoms with Crippen LogP contribution in [0, 0.1) is 6.92 Å². The van der Waals surface area contributed by atoms with Gasteiger partial charge >= 0.3 is 0 Å². The molecule has 3 aromatic rings. The minimum atomic E-state index is 1.02. The lowest BCUT2D eigenvalue weighted by Gasteiger charge is -2.16. The van der Waals surface area contributed by atoms with E-state index in [1.165, 1.54) is 143 Å². The summed E-state index contributed by atoms with van der Waals surface area (Å²) in [5, 5.41) is 5.06. The average molecular weight is 650 g/mol. The van der Waals surface area contributed by atoms with Crippen LogP contribution in [0.25, 0.3) is 17.2 Å². The van der Waals surface area contributed by atoms with Gasteiger partial charge in [0.05, 0.1) is 0 Å². The van der Waals surface area contributed by atoms with Gasteiger partial charge in [-0.2, -0.15) is 0 Å². The van der Waals surface area contributed by atoms with Crippen LogP contribution >= 0.6 is 0 Å². The van der Waals surface area contributed by atoms with E-state index in [0.717, 1.165) is 18.5 Å². The molecule has 0 saturated heterocycles. The zero-order valence-corrected chi connectivity index (χ0v) is 31.9. The molecule has 262 valence electrons. The lowest BCUT2D eigenvalue weighted by molar-refractivity contribution is -0.491. The Balaban J connectivity index is 1.83. The summed E-state index contributed by atoms with van der Waals surface area (Å²) in [6, 6.07) is 20.4. The van der Waals surface area contributed by atoms with Gasteiger partial charge in [-0.05, 0) is 114 Å². The number of nitrogens with zero attached hydrogens (tertiary/aromatic N) is 2. The van der Waals surface area contributed by atoms with Crippen molar-refractivity contribution < 1.29 is 4.70 Å². The van der Waals surface area contributed by atoms with E-state index in [9.17, 15) is 0 Å². The SMILES string of the molecule is CCCCCCCCc1cc(C=C[N+](C)=Nc2cc(C)c(CCCCCC)c(-c3ccccc3)c2)cc(CC)c1CCCCCCCC. The molecule has 48 heavy (non-hydrogen) atoms. The van der Waals surface area contributed by atoms with E-state index in [1.54, 1.807) is 16.7 Å². The molecule has 0 aliphatic rings. The summed E-state index contributed by atoms with van der Waals surface area (Å²) in [6.45, 7) is 11.5. The number of azo groups is 2. The molecule has 2 heteroatoms. The third kappa shape index (κ3) is 13.9. The summed E-state index contributed by atoms with van der Waals surface area (Å²) >= 11 is 0. The van der Waals surface area contributed by atoms with E-state index < -0.39 is 0 Å². The van der Waals surface area contributed by atoms with Crippen molar-refractivity contribution in [1.82, 2.24) is 0 Å². The molecule has 0 N–H and O–H groups in total. The summed E-state index contributed by atoms with van der Waals surface area (Å²) < 4.78 is 1.99. The van der Waals surface area contributed by atoms with E-state index in [1.807, 2.05) is 4.70 Å². The van der Waals surface area contributed by atoms with E-state index in [2.05, 4.69) is 109 Å². The molecule has 0 radical (unpaired) electrons. The van der Waals surface area contributed by atoms with Gasteiger partial charge in [-0.1, -0.05) is 158 Å². The number of hydrogen-bond donors (Lipinski definition) is 0. The minimum absolute atomic E-state index is 1.02. The second kappa shape index (κ2) is 23.4. The first-order chi connectivity index (χ1) is 23.5. The molecule has 0 heterocycles. The Bertz CT molecular complexity index is 1380. The fourth-order valence-electron chi connectivity index (χ4n) is 7.16. The number of rotatable bonds is 24. The first-order valence-electron chi connectivity index (χ1n) is 20.0. The molecule has 0 aliphatic carbocycles. The summed E-state index contributed by atoms with van der Waals surface area (Å²) in [5.41, 5.74) is 12.5. The number of benzene rings is 3. The van der Waals surface area contributed by atoms with Crippen molar-refractivity contribution in [1.29, 1.82) is 0 Å². The highest BCUT2D eigenvalue weighted by Gasteiger charge is 2.13. The third-order valence-electron chi connectivity index (χ3n) is 10.00. The molecule has 0 amide bonds. The minimum Gasteiger partial charge on any atom is -0.0934 e. The highest BCUT2D eigenvalue weighted by molar-refractivity contribution is 5.72. The zero-order valence-electron chi connectivity index (χ0n) is 31.9. The molecule has 0 aliphatic heterocycles. The maximum atomic E-state index is 5.06. The Morgan fingerprint density at radius 3 is 1.75 bits per heavy atom. The molecule has 0 bridgehead atoms. The maximum absolute atomic E-state index is 5.06. The molecule has 0 atom stereocenters. The van der Waals surface area contributed by atoms with Gasteiger partial charge in [-0.3, -0.25) is 0 Å². The van der Waals surface area contributed by atoms with Crippen LogP contribution in [0.15, 0.2) is 65.9 Å². The molecule has 0 aromatic heterocycles. The van der Waals surface area contributed by atoms with Crippen LogP contribution in [0.5, 0.6) is 0 Å². The van der Waals surface area contributed by atoms with Crippen molar-refractivity contribution in [2.75, 3.05) is 7.05 Å². The Labute approximate surface area is 296 Å². The lowest BCUT2D eigenvalue weighted by Crippen LogP contribution is -2.02. The standard InChI is InChI=1S/C46H69N2/c1-7-11-14-17-19-22-29-42-36-39(35-40(10-4)45(42)31-26-20-18-15-12-8-2)32-33-48(6)47-43-34-38(5)44(30-25-16-13-9-3)46(37-43)41-27-23-21-24-28-41/h21,23-24,27-28,32-37H,7-20,22,25-26,29-31H2,1-6H3/q+1.